The lowest BCUT2D eigenvalue weighted by molar-refractivity contribution is -0.136. The van der Waals surface area contributed by atoms with Crippen molar-refractivity contribution in [1.82, 2.24) is 9.78 Å². The van der Waals surface area contributed by atoms with E-state index in [1.165, 1.54) is 0 Å². The lowest BCUT2D eigenvalue weighted by Gasteiger charge is -2.03. The highest BCUT2D eigenvalue weighted by molar-refractivity contribution is 9.10. The summed E-state index contributed by atoms with van der Waals surface area (Å²) in [5.41, 5.74) is 1.30. The Kier molecular flexibility index (Phi) is 3.66. The van der Waals surface area contributed by atoms with Crippen molar-refractivity contribution in [3.63, 3.8) is 0 Å². The van der Waals surface area contributed by atoms with E-state index in [-0.39, 0.29) is 6.42 Å². The maximum absolute atomic E-state index is 10.7. The molecule has 0 saturated carbocycles. The Morgan fingerprint density at radius 2 is 2.33 bits per heavy atom. The second kappa shape index (κ2) is 5.22. The number of carboxylic acid groups (broad SMARTS) is 1. The molecule has 0 spiro atoms. The fourth-order valence-corrected chi connectivity index (χ4v) is 1.95. The predicted molar refractivity (Wildman–Crippen MR) is 69.2 cm³/mol. The first-order valence-electron chi connectivity index (χ1n) is 5.20. The largest absolute Gasteiger partial charge is 0.497 e. The van der Waals surface area contributed by atoms with Crippen LogP contribution in [0.5, 0.6) is 5.75 Å². The van der Waals surface area contributed by atoms with E-state index in [0.717, 1.165) is 11.4 Å². The number of benzene rings is 1. The molecule has 2 rings (SSSR count). The Hall–Kier alpha value is -1.82. The quantitative estimate of drug-likeness (QED) is 0.941. The van der Waals surface area contributed by atoms with Gasteiger partial charge in [-0.05, 0) is 28.1 Å². The van der Waals surface area contributed by atoms with Crippen LogP contribution in [0.2, 0.25) is 0 Å². The van der Waals surface area contributed by atoms with Crippen molar-refractivity contribution in [2.75, 3.05) is 7.11 Å². The van der Waals surface area contributed by atoms with Crippen LogP contribution in [0.1, 0.15) is 5.69 Å². The first-order chi connectivity index (χ1) is 8.60. The van der Waals surface area contributed by atoms with Crippen LogP contribution in [0.4, 0.5) is 0 Å². The zero-order valence-corrected chi connectivity index (χ0v) is 11.2. The van der Waals surface area contributed by atoms with Crippen LogP contribution < -0.4 is 4.74 Å². The summed E-state index contributed by atoms with van der Waals surface area (Å²) in [5.74, 6) is -0.189. The van der Waals surface area contributed by atoms with Crippen molar-refractivity contribution in [2.24, 2.45) is 0 Å². The average molecular weight is 311 g/mol. The summed E-state index contributed by atoms with van der Waals surface area (Å²) in [6.07, 6.45) is 1.62. The highest BCUT2D eigenvalue weighted by Crippen LogP contribution is 2.21. The van der Waals surface area contributed by atoms with Gasteiger partial charge in [0.25, 0.3) is 0 Å². The Morgan fingerprint density at radius 1 is 1.56 bits per heavy atom. The molecule has 0 saturated heterocycles. The molecule has 0 unspecified atom stereocenters. The standard InChI is InChI=1S/C12H11BrN2O3/c1-18-9-4-2-3-8(5-9)15-7-10(13)11(14-15)6-12(16)17/h2-5,7H,6H2,1H3,(H,16,17). The van der Waals surface area contributed by atoms with Crippen molar-refractivity contribution in [1.29, 1.82) is 0 Å². The third-order valence-electron chi connectivity index (χ3n) is 2.38. The van der Waals surface area contributed by atoms with E-state index in [0.29, 0.717) is 10.2 Å². The maximum Gasteiger partial charge on any atom is 0.309 e. The predicted octanol–water partition coefficient (Wildman–Crippen LogP) is 2.27. The van der Waals surface area contributed by atoms with Gasteiger partial charge < -0.3 is 9.84 Å². The van der Waals surface area contributed by atoms with E-state index in [2.05, 4.69) is 21.0 Å². The smallest absolute Gasteiger partial charge is 0.309 e. The highest BCUT2D eigenvalue weighted by atomic mass is 79.9. The van der Waals surface area contributed by atoms with E-state index in [4.69, 9.17) is 9.84 Å². The Morgan fingerprint density at radius 3 is 3.00 bits per heavy atom. The van der Waals surface area contributed by atoms with Gasteiger partial charge in [-0.1, -0.05) is 6.07 Å². The van der Waals surface area contributed by atoms with E-state index >= 15 is 0 Å². The second-order valence-corrected chi connectivity index (χ2v) is 4.49. The normalized spacial score (nSPS) is 10.3. The molecule has 1 heterocycles. The summed E-state index contributed by atoms with van der Waals surface area (Å²) in [4.78, 5) is 10.7. The summed E-state index contributed by atoms with van der Waals surface area (Å²) in [7, 11) is 1.59. The van der Waals surface area contributed by atoms with E-state index in [9.17, 15) is 4.79 Å². The third-order valence-corrected chi connectivity index (χ3v) is 3.04. The monoisotopic (exact) mass is 310 g/mol. The number of aliphatic carboxylic acids is 1. The molecule has 6 heteroatoms. The number of carboxylic acids is 1. The lowest BCUT2D eigenvalue weighted by atomic mass is 10.3. The molecule has 0 bridgehead atoms. The van der Waals surface area contributed by atoms with Gasteiger partial charge >= 0.3 is 5.97 Å². The van der Waals surface area contributed by atoms with Gasteiger partial charge in [-0.3, -0.25) is 4.79 Å². The molecule has 18 heavy (non-hydrogen) atoms. The van der Waals surface area contributed by atoms with Crippen molar-refractivity contribution < 1.29 is 14.6 Å². The number of nitrogens with zero attached hydrogens (tertiary/aromatic N) is 2. The van der Waals surface area contributed by atoms with Crippen LogP contribution in [-0.2, 0) is 11.2 Å². The first kappa shape index (κ1) is 12.6. The molecule has 0 fully saturated rings. The van der Waals surface area contributed by atoms with Gasteiger partial charge in [-0.15, -0.1) is 0 Å². The van der Waals surface area contributed by atoms with E-state index < -0.39 is 5.97 Å². The number of hydrogen-bond donors (Lipinski definition) is 1. The summed E-state index contributed by atoms with van der Waals surface area (Å²) >= 11 is 3.30. The van der Waals surface area contributed by atoms with Crippen LogP contribution in [0, 0.1) is 0 Å². The van der Waals surface area contributed by atoms with Crippen molar-refractivity contribution >= 4 is 21.9 Å². The van der Waals surface area contributed by atoms with Crippen molar-refractivity contribution in [3.8, 4) is 11.4 Å². The summed E-state index contributed by atoms with van der Waals surface area (Å²) in [6, 6.07) is 7.37. The number of halogens is 1. The molecule has 0 atom stereocenters. The van der Waals surface area contributed by atoms with Gasteiger partial charge in [0, 0.05) is 12.3 Å². The Labute approximate surface area is 112 Å². The minimum absolute atomic E-state index is 0.114. The molecule has 5 nitrogen and oxygen atoms in total. The van der Waals surface area contributed by atoms with Gasteiger partial charge in [-0.2, -0.15) is 5.10 Å². The number of methoxy groups -OCH3 is 1. The molecule has 0 aliphatic rings. The minimum Gasteiger partial charge on any atom is -0.497 e. The molecular weight excluding hydrogens is 300 g/mol. The van der Waals surface area contributed by atoms with Crippen LogP contribution in [0.25, 0.3) is 5.69 Å². The molecule has 1 aromatic carbocycles. The molecule has 0 aliphatic heterocycles. The van der Waals surface area contributed by atoms with E-state index in [1.807, 2.05) is 24.3 Å². The number of hydrogen-bond acceptors (Lipinski definition) is 3. The first-order valence-corrected chi connectivity index (χ1v) is 5.99. The molecule has 1 aromatic heterocycles. The molecule has 2 aromatic rings. The van der Waals surface area contributed by atoms with E-state index in [1.54, 1.807) is 18.0 Å². The van der Waals surface area contributed by atoms with Crippen molar-refractivity contribution in [3.05, 3.63) is 40.6 Å². The summed E-state index contributed by atoms with van der Waals surface area (Å²) in [6.45, 7) is 0. The van der Waals surface area contributed by atoms with Gasteiger partial charge in [-0.25, -0.2) is 4.68 Å². The lowest BCUT2D eigenvalue weighted by Crippen LogP contribution is -2.03. The molecule has 0 aliphatic carbocycles. The Balaban J connectivity index is 2.35. The summed E-state index contributed by atoms with van der Waals surface area (Å²) in [5, 5.41) is 13.0. The zero-order valence-electron chi connectivity index (χ0n) is 9.63. The molecule has 0 radical (unpaired) electrons. The number of aromatic nitrogens is 2. The van der Waals surface area contributed by atoms with Gasteiger partial charge in [0.05, 0.1) is 29.4 Å². The molecule has 0 amide bonds. The summed E-state index contributed by atoms with van der Waals surface area (Å²) < 4.78 is 7.42. The van der Waals surface area contributed by atoms with Crippen LogP contribution in [0.3, 0.4) is 0 Å². The molecular formula is C12H11BrN2O3. The maximum atomic E-state index is 10.7. The number of ether oxygens (including phenoxy) is 1. The molecule has 94 valence electrons. The Bertz CT molecular complexity index is 580. The van der Waals surface area contributed by atoms with Crippen molar-refractivity contribution in [2.45, 2.75) is 6.42 Å². The van der Waals surface area contributed by atoms with Crippen LogP contribution >= 0.6 is 15.9 Å². The SMILES string of the molecule is COc1cccc(-n2cc(Br)c(CC(=O)O)n2)c1. The fraction of sp³-hybridized carbons (Fsp3) is 0.167. The van der Waals surface area contributed by atoms with Crippen LogP contribution in [-0.4, -0.2) is 28.0 Å². The van der Waals surface area contributed by atoms with Crippen LogP contribution in [0.15, 0.2) is 34.9 Å². The topological polar surface area (TPSA) is 64.3 Å². The van der Waals surface area contributed by atoms with Gasteiger partial charge in [0.1, 0.15) is 5.75 Å². The van der Waals surface area contributed by atoms with Gasteiger partial charge in [0.15, 0.2) is 0 Å². The minimum atomic E-state index is -0.911. The number of carbonyl (C=O) groups is 1. The fourth-order valence-electron chi connectivity index (χ4n) is 1.54. The third kappa shape index (κ3) is 2.70. The zero-order chi connectivity index (χ0) is 13.1. The second-order valence-electron chi connectivity index (χ2n) is 3.64. The highest BCUT2D eigenvalue weighted by Gasteiger charge is 2.11. The van der Waals surface area contributed by atoms with Gasteiger partial charge in [0.2, 0.25) is 0 Å². The average Bonchev–Trinajstić information content (AvgIpc) is 2.70. The molecule has 1 N–H and O–H groups in total. The number of rotatable bonds is 4.